The number of alkyl halides is 3. The molecule has 3 rings (SSSR count). The molecular weight excluding hydrogens is 343 g/mol. The Morgan fingerprint density at radius 1 is 1.24 bits per heavy atom. The van der Waals surface area contributed by atoms with E-state index in [0.717, 1.165) is 12.1 Å². The Balaban J connectivity index is 1.79. The van der Waals surface area contributed by atoms with Crippen LogP contribution in [-0.2, 0) is 19.7 Å². The van der Waals surface area contributed by atoms with E-state index in [0.29, 0.717) is 18.4 Å². The summed E-state index contributed by atoms with van der Waals surface area (Å²) >= 11 is 0. The number of nitrogens with zero attached hydrogens (tertiary/aromatic N) is 1. The molecule has 1 aliphatic carbocycles. The molecule has 6 nitrogen and oxygen atoms in total. The number of hydrogen-bond donors (Lipinski definition) is 1. The predicted octanol–water partition coefficient (Wildman–Crippen LogP) is 1.93. The van der Waals surface area contributed by atoms with Crippen molar-refractivity contribution in [1.29, 1.82) is 0 Å². The molecule has 1 atom stereocenters. The number of ether oxygens (including phenoxy) is 2. The van der Waals surface area contributed by atoms with Gasteiger partial charge in [-0.15, -0.1) is 13.2 Å². The average molecular weight is 359 g/mol. The van der Waals surface area contributed by atoms with Crippen molar-refractivity contribution < 1.29 is 37.3 Å². The zero-order chi connectivity index (χ0) is 18.2. The molecule has 0 spiro atoms. The summed E-state index contributed by atoms with van der Waals surface area (Å²) in [4.78, 5) is 25.5. The van der Waals surface area contributed by atoms with Gasteiger partial charge in [0.15, 0.2) is 6.04 Å². The number of amides is 1. The van der Waals surface area contributed by atoms with Crippen LogP contribution in [0.4, 0.5) is 13.2 Å². The summed E-state index contributed by atoms with van der Waals surface area (Å²) in [7, 11) is 0. The molecule has 0 radical (unpaired) electrons. The maximum Gasteiger partial charge on any atom is 0.573 e. The summed E-state index contributed by atoms with van der Waals surface area (Å²) in [6, 6.07) is 4.10. The van der Waals surface area contributed by atoms with Crippen LogP contribution < -0.4 is 4.74 Å². The van der Waals surface area contributed by atoms with Crippen LogP contribution in [0.3, 0.4) is 0 Å². The Bertz CT molecular complexity index is 669. The van der Waals surface area contributed by atoms with Gasteiger partial charge in [0.05, 0.1) is 18.6 Å². The molecule has 1 aromatic carbocycles. The summed E-state index contributed by atoms with van der Waals surface area (Å²) in [5.41, 5.74) is -0.315. The van der Waals surface area contributed by atoms with Crippen LogP contribution in [0, 0.1) is 0 Å². The normalized spacial score (nSPS) is 22.4. The van der Waals surface area contributed by atoms with Crippen molar-refractivity contribution in [1.82, 2.24) is 4.90 Å². The molecule has 1 saturated heterocycles. The highest BCUT2D eigenvalue weighted by Crippen LogP contribution is 2.50. The van der Waals surface area contributed by atoms with Crippen LogP contribution >= 0.6 is 0 Å². The molecule has 0 unspecified atom stereocenters. The minimum absolute atomic E-state index is 0.0739. The number of carbonyl (C=O) groups is 2. The Kier molecular flexibility index (Phi) is 4.36. The topological polar surface area (TPSA) is 76.1 Å². The number of halogens is 3. The van der Waals surface area contributed by atoms with E-state index in [4.69, 9.17) is 4.74 Å². The second kappa shape index (κ2) is 6.21. The first-order chi connectivity index (χ1) is 11.7. The maximum atomic E-state index is 12.9. The van der Waals surface area contributed by atoms with Gasteiger partial charge in [0.25, 0.3) is 0 Å². The van der Waals surface area contributed by atoms with Crippen molar-refractivity contribution >= 4 is 11.9 Å². The number of aliphatic carboxylic acids is 1. The Hall–Kier alpha value is -2.29. The molecule has 2 fully saturated rings. The van der Waals surface area contributed by atoms with Crippen molar-refractivity contribution in [3.05, 3.63) is 29.8 Å². The Morgan fingerprint density at radius 3 is 2.40 bits per heavy atom. The van der Waals surface area contributed by atoms with Crippen molar-refractivity contribution in [2.75, 3.05) is 19.8 Å². The number of benzene rings is 1. The highest BCUT2D eigenvalue weighted by Gasteiger charge is 2.54. The van der Waals surface area contributed by atoms with E-state index in [2.05, 4.69) is 4.74 Å². The lowest BCUT2D eigenvalue weighted by atomic mass is 9.93. The first-order valence-corrected chi connectivity index (χ1v) is 7.71. The molecule has 2 aliphatic rings. The van der Waals surface area contributed by atoms with Gasteiger partial charge in [0.2, 0.25) is 5.91 Å². The molecule has 136 valence electrons. The summed E-state index contributed by atoms with van der Waals surface area (Å²) in [6.07, 6.45) is -3.73. The van der Waals surface area contributed by atoms with Crippen molar-refractivity contribution in [2.45, 2.75) is 30.7 Å². The minimum atomic E-state index is -4.78. The fourth-order valence-electron chi connectivity index (χ4n) is 3.05. The monoisotopic (exact) mass is 359 g/mol. The summed E-state index contributed by atoms with van der Waals surface area (Å²) in [6.45, 7) is 0.353. The number of carbonyl (C=O) groups excluding carboxylic acids is 1. The van der Waals surface area contributed by atoms with Gasteiger partial charge in [-0.3, -0.25) is 4.79 Å². The lowest BCUT2D eigenvalue weighted by Gasteiger charge is -2.35. The van der Waals surface area contributed by atoms with Crippen LogP contribution in [0.5, 0.6) is 5.75 Å². The lowest BCUT2D eigenvalue weighted by molar-refractivity contribution is -0.274. The van der Waals surface area contributed by atoms with Crippen LogP contribution in [0.2, 0.25) is 0 Å². The summed E-state index contributed by atoms with van der Waals surface area (Å²) in [5, 5.41) is 9.26. The lowest BCUT2D eigenvalue weighted by Crippen LogP contribution is -2.55. The smallest absolute Gasteiger partial charge is 0.480 e. The number of morpholine rings is 1. The van der Waals surface area contributed by atoms with Crippen molar-refractivity contribution in [3.63, 3.8) is 0 Å². The van der Waals surface area contributed by atoms with Crippen molar-refractivity contribution in [2.24, 2.45) is 0 Å². The molecule has 1 heterocycles. The molecule has 0 bridgehead atoms. The van der Waals surface area contributed by atoms with E-state index >= 15 is 0 Å². The van der Waals surface area contributed by atoms with E-state index in [1.807, 2.05) is 0 Å². The van der Waals surface area contributed by atoms with Gasteiger partial charge in [-0.25, -0.2) is 4.79 Å². The van der Waals surface area contributed by atoms with Gasteiger partial charge in [0.1, 0.15) is 5.75 Å². The fourth-order valence-corrected chi connectivity index (χ4v) is 3.05. The van der Waals surface area contributed by atoms with Gasteiger partial charge in [-0.05, 0) is 30.5 Å². The fraction of sp³-hybridized carbons (Fsp3) is 0.500. The maximum absolute atomic E-state index is 12.9. The van der Waals surface area contributed by atoms with Gasteiger partial charge < -0.3 is 19.5 Å². The third-order valence-corrected chi connectivity index (χ3v) is 4.47. The Labute approximate surface area is 141 Å². The highest BCUT2D eigenvalue weighted by molar-refractivity contribution is 5.94. The highest BCUT2D eigenvalue weighted by atomic mass is 19.4. The largest absolute Gasteiger partial charge is 0.573 e. The van der Waals surface area contributed by atoms with Gasteiger partial charge in [0, 0.05) is 6.54 Å². The minimum Gasteiger partial charge on any atom is -0.480 e. The molecule has 25 heavy (non-hydrogen) atoms. The molecule has 1 aliphatic heterocycles. The Morgan fingerprint density at radius 2 is 1.88 bits per heavy atom. The zero-order valence-electron chi connectivity index (χ0n) is 13.1. The second-order valence-electron chi connectivity index (χ2n) is 6.08. The third-order valence-electron chi connectivity index (χ3n) is 4.47. The number of hydrogen-bond acceptors (Lipinski definition) is 4. The second-order valence-corrected chi connectivity index (χ2v) is 6.08. The molecule has 1 N–H and O–H groups in total. The molecular formula is C16H16F3NO5. The van der Waals surface area contributed by atoms with E-state index in [9.17, 15) is 27.9 Å². The van der Waals surface area contributed by atoms with Crippen molar-refractivity contribution in [3.8, 4) is 5.75 Å². The predicted molar refractivity (Wildman–Crippen MR) is 78.0 cm³/mol. The average Bonchev–Trinajstić information content (AvgIpc) is 3.35. The van der Waals surface area contributed by atoms with Crippen LogP contribution in [0.15, 0.2) is 24.3 Å². The van der Waals surface area contributed by atoms with E-state index < -0.39 is 23.8 Å². The van der Waals surface area contributed by atoms with Crippen LogP contribution in [-0.4, -0.2) is 54.0 Å². The summed E-state index contributed by atoms with van der Waals surface area (Å²) in [5.74, 6) is -1.83. The number of carboxylic acid groups (broad SMARTS) is 1. The number of carboxylic acids is 1. The van der Waals surface area contributed by atoms with Crippen LogP contribution in [0.1, 0.15) is 18.4 Å². The van der Waals surface area contributed by atoms with E-state index in [1.54, 1.807) is 0 Å². The molecule has 1 aromatic rings. The number of rotatable bonds is 4. The van der Waals surface area contributed by atoms with Crippen LogP contribution in [0.25, 0.3) is 0 Å². The van der Waals surface area contributed by atoms with Gasteiger partial charge in [-0.1, -0.05) is 12.1 Å². The molecule has 9 heteroatoms. The van der Waals surface area contributed by atoms with E-state index in [1.165, 1.54) is 17.0 Å². The summed E-state index contributed by atoms with van der Waals surface area (Å²) < 4.78 is 45.6. The molecule has 1 amide bonds. The van der Waals surface area contributed by atoms with Gasteiger partial charge in [-0.2, -0.15) is 0 Å². The standard InChI is InChI=1S/C16H16F3NO5/c17-16(18,19)25-11-3-1-10(2-4-11)15(5-6-15)14(23)20-7-8-24-9-12(20)13(21)22/h1-4,12H,5-9H2,(H,21,22)/t12-/m0/s1. The quantitative estimate of drug-likeness (QED) is 0.889. The molecule has 1 saturated carbocycles. The molecule has 0 aromatic heterocycles. The first kappa shape index (κ1) is 17.5. The zero-order valence-corrected chi connectivity index (χ0v) is 13.1. The van der Waals surface area contributed by atoms with E-state index in [-0.39, 0.29) is 31.4 Å². The third kappa shape index (κ3) is 3.55. The van der Waals surface area contributed by atoms with Gasteiger partial charge >= 0.3 is 12.3 Å². The SMILES string of the molecule is O=C(O)[C@@H]1COCCN1C(=O)C1(c2ccc(OC(F)(F)F)cc2)CC1. The first-order valence-electron chi connectivity index (χ1n) is 7.71.